The zero-order valence-corrected chi connectivity index (χ0v) is 29.4. The van der Waals surface area contributed by atoms with Crippen molar-refractivity contribution >= 4 is 32.4 Å². The molecule has 3 heteroatoms. The first-order valence-electron chi connectivity index (χ1n) is 18.3. The van der Waals surface area contributed by atoms with E-state index in [1.54, 1.807) is 0 Å². The van der Waals surface area contributed by atoms with Crippen molar-refractivity contribution in [3.63, 3.8) is 0 Å². The molecule has 0 saturated carbocycles. The Morgan fingerprint density at radius 3 is 1.54 bits per heavy atom. The third-order valence-electron chi connectivity index (χ3n) is 10.3. The number of pyridine rings is 1. The van der Waals surface area contributed by atoms with Crippen LogP contribution in [0.25, 0.3) is 99.9 Å². The Morgan fingerprint density at radius 1 is 0.278 bits per heavy atom. The van der Waals surface area contributed by atoms with Crippen LogP contribution in [0.2, 0.25) is 0 Å². The predicted molar refractivity (Wildman–Crippen MR) is 225 cm³/mol. The Morgan fingerprint density at radius 2 is 0.815 bits per heavy atom. The fourth-order valence-corrected chi connectivity index (χ4v) is 7.55. The topological polar surface area (TPSA) is 38.7 Å². The lowest BCUT2D eigenvalue weighted by Crippen LogP contribution is -1.97. The molecule has 2 aromatic heterocycles. The third kappa shape index (κ3) is 5.78. The molecule has 0 atom stereocenters. The van der Waals surface area contributed by atoms with Crippen molar-refractivity contribution in [3.05, 3.63) is 200 Å². The minimum Gasteiger partial charge on any atom is -0.247 e. The largest absolute Gasteiger partial charge is 0.247 e. The van der Waals surface area contributed by atoms with Gasteiger partial charge in [-0.05, 0) is 57.3 Å². The zero-order valence-electron chi connectivity index (χ0n) is 29.4. The Bertz CT molecular complexity index is 2960. The molecule has 0 aliphatic carbocycles. The molecule has 0 aliphatic rings. The number of hydrogen-bond donors (Lipinski definition) is 0. The van der Waals surface area contributed by atoms with Crippen molar-refractivity contribution in [1.29, 1.82) is 0 Å². The Labute approximate surface area is 313 Å². The molecule has 0 unspecified atom stereocenters. The van der Waals surface area contributed by atoms with Gasteiger partial charge in [-0.2, -0.15) is 0 Å². The molecule has 10 rings (SSSR count). The molecule has 252 valence electrons. The Kier molecular flexibility index (Phi) is 7.81. The van der Waals surface area contributed by atoms with Gasteiger partial charge in [-0.15, -0.1) is 0 Å². The average molecular weight is 688 g/mol. The van der Waals surface area contributed by atoms with E-state index in [9.17, 15) is 0 Å². The number of aromatic nitrogens is 3. The van der Waals surface area contributed by atoms with Crippen molar-refractivity contribution < 1.29 is 0 Å². The summed E-state index contributed by atoms with van der Waals surface area (Å²) in [6.45, 7) is 0. The van der Waals surface area contributed by atoms with Crippen LogP contribution in [-0.4, -0.2) is 15.0 Å². The summed E-state index contributed by atoms with van der Waals surface area (Å²) in [5.41, 5.74) is 12.4. The molecule has 8 aromatic carbocycles. The molecular formula is C51H33N3. The van der Waals surface area contributed by atoms with Gasteiger partial charge in [-0.1, -0.05) is 176 Å². The van der Waals surface area contributed by atoms with Crippen LogP contribution >= 0.6 is 0 Å². The quantitative estimate of drug-likeness (QED) is 0.163. The smallest absolute Gasteiger partial charge is 0.160 e. The molecule has 0 spiro atoms. The molecule has 2 heterocycles. The molecule has 0 radical (unpaired) electrons. The molecule has 0 fully saturated rings. The van der Waals surface area contributed by atoms with Gasteiger partial charge in [0.05, 0.1) is 22.6 Å². The van der Waals surface area contributed by atoms with Gasteiger partial charge in [0.15, 0.2) is 5.82 Å². The lowest BCUT2D eigenvalue weighted by molar-refractivity contribution is 1.18. The van der Waals surface area contributed by atoms with Gasteiger partial charge >= 0.3 is 0 Å². The van der Waals surface area contributed by atoms with Crippen molar-refractivity contribution in [2.24, 2.45) is 0 Å². The number of benzene rings is 8. The van der Waals surface area contributed by atoms with Gasteiger partial charge in [-0.25, -0.2) is 15.0 Å². The van der Waals surface area contributed by atoms with Crippen LogP contribution < -0.4 is 0 Å². The van der Waals surface area contributed by atoms with Crippen LogP contribution in [0.4, 0.5) is 0 Å². The number of fused-ring (bicyclic) bond motifs is 5. The lowest BCUT2D eigenvalue weighted by atomic mass is 9.93. The second-order valence-corrected chi connectivity index (χ2v) is 13.6. The lowest BCUT2D eigenvalue weighted by Gasteiger charge is -2.15. The monoisotopic (exact) mass is 687 g/mol. The maximum Gasteiger partial charge on any atom is 0.160 e. The molecule has 10 aromatic rings. The first-order chi connectivity index (χ1) is 26.7. The third-order valence-corrected chi connectivity index (χ3v) is 10.3. The van der Waals surface area contributed by atoms with E-state index in [1.807, 2.05) is 12.1 Å². The first kappa shape index (κ1) is 31.5. The summed E-state index contributed by atoms with van der Waals surface area (Å²) in [7, 11) is 0. The van der Waals surface area contributed by atoms with Crippen molar-refractivity contribution in [2.75, 3.05) is 0 Å². The fourth-order valence-electron chi connectivity index (χ4n) is 7.55. The van der Waals surface area contributed by atoms with E-state index < -0.39 is 0 Å². The maximum atomic E-state index is 5.37. The summed E-state index contributed by atoms with van der Waals surface area (Å²) >= 11 is 0. The highest BCUT2D eigenvalue weighted by atomic mass is 14.9. The number of hydrogen-bond acceptors (Lipinski definition) is 3. The maximum absolute atomic E-state index is 5.37. The average Bonchev–Trinajstić information content (AvgIpc) is 3.26. The highest BCUT2D eigenvalue weighted by Gasteiger charge is 2.17. The summed E-state index contributed by atoms with van der Waals surface area (Å²) in [5, 5.41) is 5.89. The number of rotatable bonds is 6. The van der Waals surface area contributed by atoms with E-state index in [0.717, 1.165) is 55.6 Å². The molecule has 54 heavy (non-hydrogen) atoms. The highest BCUT2D eigenvalue weighted by Crippen LogP contribution is 2.39. The SMILES string of the molecule is c1ccc(-c2ccc(-c3cc(-c4ccccc4)nc(-c4cccc(-c5nc6ccc(-c7ccccc7)cc6c6c5ccc5ccccc56)c4)n3)cc2)cc1. The highest BCUT2D eigenvalue weighted by molar-refractivity contribution is 6.22. The minimum absolute atomic E-state index is 0.670. The summed E-state index contributed by atoms with van der Waals surface area (Å²) in [6, 6.07) is 70.3. The van der Waals surface area contributed by atoms with Gasteiger partial charge in [0.25, 0.3) is 0 Å². The second kappa shape index (κ2) is 13.4. The van der Waals surface area contributed by atoms with E-state index >= 15 is 0 Å². The zero-order chi connectivity index (χ0) is 35.8. The number of nitrogens with zero attached hydrogens (tertiary/aromatic N) is 3. The van der Waals surface area contributed by atoms with Gasteiger partial charge in [0.1, 0.15) is 0 Å². The summed E-state index contributed by atoms with van der Waals surface area (Å²) in [5.74, 6) is 0.670. The van der Waals surface area contributed by atoms with Crippen LogP contribution in [0.3, 0.4) is 0 Å². The standard InChI is InChI=1S/C51H33N3/c1-4-13-34(14-5-1)36-23-25-39(26-24-36)48-33-47(38-18-8-3-9-19-38)53-51(54-48)42-21-12-20-41(31-42)50-44-29-27-37-17-10-11-22-43(37)49(44)45-32-40(28-30-46(45)52-50)35-15-6-2-7-16-35/h1-33H. The van der Waals surface area contributed by atoms with Crippen molar-refractivity contribution in [2.45, 2.75) is 0 Å². The van der Waals surface area contributed by atoms with E-state index in [0.29, 0.717) is 5.82 Å². The van der Waals surface area contributed by atoms with Crippen LogP contribution in [-0.2, 0) is 0 Å². The molecular weight excluding hydrogens is 655 g/mol. The normalized spacial score (nSPS) is 11.3. The van der Waals surface area contributed by atoms with Gasteiger partial charge in [0.2, 0.25) is 0 Å². The molecule has 3 nitrogen and oxygen atoms in total. The van der Waals surface area contributed by atoms with Crippen LogP contribution in [0, 0.1) is 0 Å². The van der Waals surface area contributed by atoms with Crippen LogP contribution in [0.1, 0.15) is 0 Å². The fraction of sp³-hybridized carbons (Fsp3) is 0. The molecule has 0 amide bonds. The summed E-state index contributed by atoms with van der Waals surface area (Å²) in [6.07, 6.45) is 0. The molecule has 0 N–H and O–H groups in total. The molecule has 0 saturated heterocycles. The van der Waals surface area contributed by atoms with E-state index in [1.165, 1.54) is 38.4 Å². The first-order valence-corrected chi connectivity index (χ1v) is 18.3. The summed E-state index contributed by atoms with van der Waals surface area (Å²) < 4.78 is 0. The van der Waals surface area contributed by atoms with E-state index in [2.05, 4.69) is 188 Å². The Balaban J connectivity index is 1.13. The van der Waals surface area contributed by atoms with Crippen molar-refractivity contribution in [1.82, 2.24) is 15.0 Å². The molecule has 0 aliphatic heterocycles. The van der Waals surface area contributed by atoms with E-state index in [-0.39, 0.29) is 0 Å². The van der Waals surface area contributed by atoms with Crippen LogP contribution in [0.5, 0.6) is 0 Å². The Hall–Kier alpha value is -7.23. The van der Waals surface area contributed by atoms with E-state index in [4.69, 9.17) is 15.0 Å². The van der Waals surface area contributed by atoms with Gasteiger partial charge < -0.3 is 0 Å². The minimum atomic E-state index is 0.670. The predicted octanol–water partition coefficient (Wildman–Crippen LogP) is 13.3. The van der Waals surface area contributed by atoms with Gasteiger partial charge in [0, 0.05) is 38.4 Å². The van der Waals surface area contributed by atoms with Crippen LogP contribution in [0.15, 0.2) is 200 Å². The van der Waals surface area contributed by atoms with Crippen molar-refractivity contribution in [3.8, 4) is 67.4 Å². The summed E-state index contributed by atoms with van der Waals surface area (Å²) in [4.78, 5) is 15.7. The molecule has 0 bridgehead atoms. The van der Waals surface area contributed by atoms with Gasteiger partial charge in [-0.3, -0.25) is 0 Å². The second-order valence-electron chi connectivity index (χ2n) is 13.6.